The maximum Gasteiger partial charge on any atom is 0.131 e. The number of benzene rings is 1. The first-order chi connectivity index (χ1) is 11.7. The van der Waals surface area contributed by atoms with Gasteiger partial charge in [-0.1, -0.05) is 12.1 Å². The molecule has 130 valence electrons. The van der Waals surface area contributed by atoms with Gasteiger partial charge in [-0.15, -0.1) is 0 Å². The van der Waals surface area contributed by atoms with E-state index in [-0.39, 0.29) is 0 Å². The smallest absolute Gasteiger partial charge is 0.131 e. The summed E-state index contributed by atoms with van der Waals surface area (Å²) in [4.78, 5) is 2.37. The van der Waals surface area contributed by atoms with Crippen molar-refractivity contribution >= 4 is 5.82 Å². The molecular weight excluding hydrogens is 304 g/mol. The van der Waals surface area contributed by atoms with Crippen LogP contribution in [-0.4, -0.2) is 43.2 Å². The maximum absolute atomic E-state index is 5.47. The number of rotatable bonds is 6. The van der Waals surface area contributed by atoms with E-state index in [0.29, 0.717) is 0 Å². The van der Waals surface area contributed by atoms with Gasteiger partial charge in [0, 0.05) is 38.8 Å². The van der Waals surface area contributed by atoms with Gasteiger partial charge >= 0.3 is 0 Å². The average Bonchev–Trinajstić information content (AvgIpc) is 2.89. The van der Waals surface area contributed by atoms with Crippen molar-refractivity contribution < 1.29 is 9.47 Å². The molecule has 1 aromatic heterocycles. The van der Waals surface area contributed by atoms with Crippen LogP contribution in [-0.2, 0) is 24.9 Å². The summed E-state index contributed by atoms with van der Waals surface area (Å²) in [5, 5.41) is 8.15. The van der Waals surface area contributed by atoms with Gasteiger partial charge in [0.2, 0.25) is 0 Å². The van der Waals surface area contributed by atoms with Gasteiger partial charge in [0.1, 0.15) is 11.6 Å². The Labute approximate surface area is 143 Å². The minimum absolute atomic E-state index is 0.779. The number of aromatic nitrogens is 2. The predicted molar refractivity (Wildman–Crippen MR) is 94.5 cm³/mol. The van der Waals surface area contributed by atoms with E-state index in [9.17, 15) is 0 Å². The highest BCUT2D eigenvalue weighted by Gasteiger charge is 2.20. The summed E-state index contributed by atoms with van der Waals surface area (Å²) in [5.41, 5.74) is 3.56. The van der Waals surface area contributed by atoms with Crippen LogP contribution in [0.3, 0.4) is 0 Å². The third-order valence-corrected chi connectivity index (χ3v) is 4.39. The molecule has 1 fully saturated rings. The third kappa shape index (κ3) is 3.71. The largest absolute Gasteiger partial charge is 0.497 e. The van der Waals surface area contributed by atoms with Crippen LogP contribution in [0.4, 0.5) is 5.82 Å². The van der Waals surface area contributed by atoms with Crippen LogP contribution in [0.15, 0.2) is 24.3 Å². The lowest BCUT2D eigenvalue weighted by Crippen LogP contribution is -2.38. The molecule has 0 saturated carbocycles. The molecule has 2 heterocycles. The fraction of sp³-hybridized carbons (Fsp3) is 0.500. The van der Waals surface area contributed by atoms with Crippen LogP contribution in [0.2, 0.25) is 0 Å². The first kappa shape index (κ1) is 16.8. The van der Waals surface area contributed by atoms with Crippen molar-refractivity contribution in [1.82, 2.24) is 15.1 Å². The number of methoxy groups -OCH3 is 1. The van der Waals surface area contributed by atoms with Crippen LogP contribution in [0.25, 0.3) is 0 Å². The van der Waals surface area contributed by atoms with Gasteiger partial charge in [-0.05, 0) is 24.6 Å². The average molecular weight is 330 g/mol. The highest BCUT2D eigenvalue weighted by molar-refractivity contribution is 5.50. The molecule has 0 amide bonds. The second-order valence-corrected chi connectivity index (χ2v) is 6.07. The molecule has 0 spiro atoms. The highest BCUT2D eigenvalue weighted by atomic mass is 16.5. The van der Waals surface area contributed by atoms with E-state index in [1.807, 2.05) is 23.9 Å². The summed E-state index contributed by atoms with van der Waals surface area (Å²) in [5.74, 6) is 2.09. The Hall–Kier alpha value is -2.05. The third-order valence-electron chi connectivity index (χ3n) is 4.39. The van der Waals surface area contributed by atoms with Gasteiger partial charge in [-0.2, -0.15) is 5.10 Å². The molecule has 1 aromatic carbocycles. The molecular formula is C18H26N4O2. The molecule has 24 heavy (non-hydrogen) atoms. The van der Waals surface area contributed by atoms with Crippen LogP contribution in [0, 0.1) is 6.92 Å². The van der Waals surface area contributed by atoms with E-state index in [0.717, 1.165) is 50.8 Å². The SMILES string of the molecule is COc1cccc(CNCc2c(C)nn(C)c2N2CCOCC2)c1. The van der Waals surface area contributed by atoms with Crippen molar-refractivity contribution in [2.45, 2.75) is 20.0 Å². The minimum atomic E-state index is 0.779. The molecule has 1 N–H and O–H groups in total. The number of nitrogens with one attached hydrogen (secondary N) is 1. The first-order valence-electron chi connectivity index (χ1n) is 8.38. The first-order valence-corrected chi connectivity index (χ1v) is 8.38. The second-order valence-electron chi connectivity index (χ2n) is 6.07. The molecule has 1 aliphatic rings. The summed E-state index contributed by atoms with van der Waals surface area (Å²) < 4.78 is 12.7. The van der Waals surface area contributed by atoms with Crippen LogP contribution in [0.5, 0.6) is 5.75 Å². The molecule has 6 heteroatoms. The minimum Gasteiger partial charge on any atom is -0.497 e. The summed E-state index contributed by atoms with van der Waals surface area (Å²) >= 11 is 0. The molecule has 0 aliphatic carbocycles. The zero-order valence-corrected chi connectivity index (χ0v) is 14.7. The van der Waals surface area contributed by atoms with Crippen LogP contribution in [0.1, 0.15) is 16.8 Å². The van der Waals surface area contributed by atoms with Gasteiger partial charge in [0.15, 0.2) is 0 Å². The molecule has 0 atom stereocenters. The normalized spacial score (nSPS) is 14.9. The Morgan fingerprint density at radius 3 is 2.79 bits per heavy atom. The Morgan fingerprint density at radius 1 is 1.25 bits per heavy atom. The molecule has 2 aromatic rings. The quantitative estimate of drug-likeness (QED) is 0.876. The zero-order valence-electron chi connectivity index (χ0n) is 14.7. The lowest BCUT2D eigenvalue weighted by molar-refractivity contribution is 0.122. The number of hydrogen-bond donors (Lipinski definition) is 1. The Balaban J connectivity index is 1.68. The Kier molecular flexibility index (Phi) is 5.37. The van der Waals surface area contributed by atoms with Gasteiger partial charge in [-0.3, -0.25) is 4.68 Å². The van der Waals surface area contributed by atoms with Crippen molar-refractivity contribution in [1.29, 1.82) is 0 Å². The van der Waals surface area contributed by atoms with E-state index in [2.05, 4.69) is 34.4 Å². The summed E-state index contributed by atoms with van der Waals surface area (Å²) in [6.45, 7) is 7.07. The van der Waals surface area contributed by atoms with Gasteiger partial charge in [0.05, 0.1) is 26.0 Å². The van der Waals surface area contributed by atoms with E-state index >= 15 is 0 Å². The molecule has 0 unspecified atom stereocenters. The summed E-state index contributed by atoms with van der Waals surface area (Å²) in [6.07, 6.45) is 0. The Bertz CT molecular complexity index is 678. The van der Waals surface area contributed by atoms with Gasteiger partial charge in [-0.25, -0.2) is 0 Å². The van der Waals surface area contributed by atoms with E-state index in [1.165, 1.54) is 16.9 Å². The molecule has 0 bridgehead atoms. The fourth-order valence-electron chi connectivity index (χ4n) is 3.18. The molecule has 6 nitrogen and oxygen atoms in total. The molecule has 1 saturated heterocycles. The zero-order chi connectivity index (χ0) is 16.9. The topological polar surface area (TPSA) is 51.5 Å². The van der Waals surface area contributed by atoms with Gasteiger partial charge < -0.3 is 19.7 Å². The summed E-state index contributed by atoms with van der Waals surface area (Å²) in [6, 6.07) is 8.15. The number of aryl methyl sites for hydroxylation is 2. The monoisotopic (exact) mass is 330 g/mol. The second kappa shape index (κ2) is 7.68. The van der Waals surface area contributed by atoms with Crippen molar-refractivity contribution in [2.75, 3.05) is 38.3 Å². The number of nitrogens with zero attached hydrogens (tertiary/aromatic N) is 3. The van der Waals surface area contributed by atoms with Gasteiger partial charge in [0.25, 0.3) is 0 Å². The number of ether oxygens (including phenoxy) is 2. The number of anilines is 1. The molecule has 3 rings (SSSR count). The number of morpholine rings is 1. The van der Waals surface area contributed by atoms with E-state index in [4.69, 9.17) is 9.47 Å². The Morgan fingerprint density at radius 2 is 2.04 bits per heavy atom. The lowest BCUT2D eigenvalue weighted by Gasteiger charge is -2.29. The summed E-state index contributed by atoms with van der Waals surface area (Å²) in [7, 11) is 3.71. The van der Waals surface area contributed by atoms with Crippen molar-refractivity contribution in [2.24, 2.45) is 7.05 Å². The maximum atomic E-state index is 5.47. The highest BCUT2D eigenvalue weighted by Crippen LogP contribution is 2.24. The van der Waals surface area contributed by atoms with Crippen LogP contribution < -0.4 is 15.0 Å². The fourth-order valence-corrected chi connectivity index (χ4v) is 3.18. The van der Waals surface area contributed by atoms with E-state index in [1.54, 1.807) is 7.11 Å². The van der Waals surface area contributed by atoms with Crippen molar-refractivity contribution in [3.05, 3.63) is 41.1 Å². The van der Waals surface area contributed by atoms with Crippen molar-refractivity contribution in [3.63, 3.8) is 0 Å². The van der Waals surface area contributed by atoms with E-state index < -0.39 is 0 Å². The predicted octanol–water partition coefficient (Wildman–Crippen LogP) is 1.86. The number of hydrogen-bond acceptors (Lipinski definition) is 5. The molecule has 0 radical (unpaired) electrons. The standard InChI is InChI=1S/C18H26N4O2/c1-14-17(13-19-12-15-5-4-6-16(11-15)23-3)18(21(2)20-14)22-7-9-24-10-8-22/h4-6,11,19H,7-10,12-13H2,1-3H3. The molecule has 1 aliphatic heterocycles. The van der Waals surface area contributed by atoms with Crippen molar-refractivity contribution in [3.8, 4) is 5.75 Å². The van der Waals surface area contributed by atoms with Crippen LogP contribution >= 0.6 is 0 Å². The lowest BCUT2D eigenvalue weighted by atomic mass is 10.2.